The molecule has 0 radical (unpaired) electrons. The summed E-state index contributed by atoms with van der Waals surface area (Å²) in [5.41, 5.74) is 1.12. The highest BCUT2D eigenvalue weighted by Gasteiger charge is 2.14. The van der Waals surface area contributed by atoms with E-state index in [1.165, 1.54) is 29.2 Å². The van der Waals surface area contributed by atoms with Crippen LogP contribution in [0.1, 0.15) is 16.1 Å². The molecule has 21 heavy (non-hydrogen) atoms. The van der Waals surface area contributed by atoms with E-state index in [2.05, 4.69) is 16.4 Å². The average molecular weight is 358 g/mol. The summed E-state index contributed by atoms with van der Waals surface area (Å²) < 4.78 is 0.911. The Bertz CT molecular complexity index is 725. The number of carbonyl (C=O) groups is 1. The van der Waals surface area contributed by atoms with Crippen molar-refractivity contribution in [3.05, 3.63) is 39.5 Å². The lowest BCUT2D eigenvalue weighted by atomic mass is 10.2. The molecule has 1 aromatic carbocycles. The van der Waals surface area contributed by atoms with Crippen molar-refractivity contribution in [3.63, 3.8) is 0 Å². The smallest absolute Gasteiger partial charge is 0.258 e. The lowest BCUT2D eigenvalue weighted by molar-refractivity contribution is 0.102. The molecule has 0 spiro atoms. The van der Waals surface area contributed by atoms with Crippen LogP contribution in [0.5, 0.6) is 0 Å². The van der Waals surface area contributed by atoms with E-state index in [0.717, 1.165) is 9.90 Å². The third kappa shape index (κ3) is 4.11. The zero-order valence-corrected chi connectivity index (χ0v) is 14.0. The Kier molecular flexibility index (Phi) is 5.48. The molecule has 0 saturated heterocycles. The van der Waals surface area contributed by atoms with Crippen molar-refractivity contribution in [2.45, 2.75) is 11.1 Å². The van der Waals surface area contributed by atoms with E-state index < -0.39 is 0 Å². The van der Waals surface area contributed by atoms with Gasteiger partial charge in [-0.2, -0.15) is 5.26 Å². The van der Waals surface area contributed by atoms with Gasteiger partial charge < -0.3 is 0 Å². The second-order valence-corrected chi connectivity index (χ2v) is 7.00. The summed E-state index contributed by atoms with van der Waals surface area (Å²) in [5.74, 6) is 0.00152. The van der Waals surface area contributed by atoms with Gasteiger partial charge in [-0.05, 0) is 25.1 Å². The fraction of sp³-hybridized carbons (Fsp3) is 0.154. The van der Waals surface area contributed by atoms with Gasteiger partial charge in [-0.3, -0.25) is 10.1 Å². The number of aryl methyl sites for hydroxylation is 1. The predicted molar refractivity (Wildman–Crippen MR) is 87.6 cm³/mol. The molecule has 2 aromatic rings. The molecule has 4 nitrogen and oxygen atoms in total. The molecule has 1 aromatic heterocycles. The minimum absolute atomic E-state index is 0.285. The Morgan fingerprint density at radius 2 is 2.29 bits per heavy atom. The minimum Gasteiger partial charge on any atom is -0.298 e. The Morgan fingerprint density at radius 1 is 1.52 bits per heavy atom. The van der Waals surface area contributed by atoms with Crippen molar-refractivity contribution in [1.82, 2.24) is 4.98 Å². The Labute approximate surface area is 140 Å². The van der Waals surface area contributed by atoms with Crippen molar-refractivity contribution >= 4 is 57.3 Å². The van der Waals surface area contributed by atoms with Gasteiger partial charge in [0, 0.05) is 5.02 Å². The van der Waals surface area contributed by atoms with Crippen LogP contribution in [0.2, 0.25) is 10.0 Å². The number of hydrogen-bond donors (Lipinski definition) is 1. The van der Waals surface area contributed by atoms with Gasteiger partial charge in [0.1, 0.15) is 0 Å². The number of amides is 1. The van der Waals surface area contributed by atoms with Crippen LogP contribution < -0.4 is 5.32 Å². The SMILES string of the molecule is Cc1nc(NC(=O)c2ccc(Cl)cc2Cl)sc1SCC#N. The van der Waals surface area contributed by atoms with Crippen LogP contribution in [-0.4, -0.2) is 16.6 Å². The third-order valence-corrected chi connectivity index (χ3v) is 5.27. The van der Waals surface area contributed by atoms with Gasteiger partial charge in [0.15, 0.2) is 5.13 Å². The van der Waals surface area contributed by atoms with Crippen molar-refractivity contribution in [3.8, 4) is 6.07 Å². The maximum Gasteiger partial charge on any atom is 0.258 e. The summed E-state index contributed by atoms with van der Waals surface area (Å²) in [6.45, 7) is 1.83. The van der Waals surface area contributed by atoms with E-state index in [1.807, 2.05) is 6.92 Å². The van der Waals surface area contributed by atoms with Crippen LogP contribution in [0.3, 0.4) is 0 Å². The Hall–Kier alpha value is -1.26. The number of rotatable bonds is 4. The normalized spacial score (nSPS) is 10.2. The van der Waals surface area contributed by atoms with E-state index in [0.29, 0.717) is 21.5 Å². The molecule has 0 bridgehead atoms. The summed E-state index contributed by atoms with van der Waals surface area (Å²) in [5, 5.41) is 12.5. The molecule has 0 atom stereocenters. The van der Waals surface area contributed by atoms with E-state index >= 15 is 0 Å². The number of nitriles is 1. The predicted octanol–water partition coefficient (Wildman–Crippen LogP) is 4.63. The minimum atomic E-state index is -0.345. The number of thiazole rings is 1. The van der Waals surface area contributed by atoms with Gasteiger partial charge in [-0.1, -0.05) is 46.3 Å². The molecular formula is C13H9Cl2N3OS2. The number of carbonyl (C=O) groups excluding carboxylic acids is 1. The lowest BCUT2D eigenvalue weighted by Crippen LogP contribution is -2.12. The van der Waals surface area contributed by atoms with Crippen LogP contribution >= 0.6 is 46.3 Å². The van der Waals surface area contributed by atoms with Crippen molar-refractivity contribution in [2.75, 3.05) is 11.1 Å². The highest BCUT2D eigenvalue weighted by molar-refractivity contribution is 8.01. The molecular weight excluding hydrogens is 349 g/mol. The molecule has 0 fully saturated rings. The quantitative estimate of drug-likeness (QED) is 0.810. The van der Waals surface area contributed by atoms with Crippen LogP contribution in [0.25, 0.3) is 0 Å². The number of aromatic nitrogens is 1. The fourth-order valence-corrected chi connectivity index (χ4v) is 3.79. The summed E-state index contributed by atoms with van der Waals surface area (Å²) in [4.78, 5) is 16.4. The van der Waals surface area contributed by atoms with Crippen molar-refractivity contribution in [1.29, 1.82) is 5.26 Å². The average Bonchev–Trinajstić information content (AvgIpc) is 2.76. The van der Waals surface area contributed by atoms with Gasteiger partial charge in [-0.25, -0.2) is 4.98 Å². The molecule has 108 valence electrons. The maximum atomic E-state index is 12.1. The molecule has 1 N–H and O–H groups in total. The van der Waals surface area contributed by atoms with Gasteiger partial charge in [-0.15, -0.1) is 0 Å². The topological polar surface area (TPSA) is 65.8 Å². The number of hydrogen-bond acceptors (Lipinski definition) is 5. The highest BCUT2D eigenvalue weighted by Crippen LogP contribution is 2.32. The van der Waals surface area contributed by atoms with Gasteiger partial charge in [0.25, 0.3) is 5.91 Å². The van der Waals surface area contributed by atoms with Crippen LogP contribution in [0, 0.1) is 18.3 Å². The number of nitrogens with zero attached hydrogens (tertiary/aromatic N) is 2. The number of anilines is 1. The van der Waals surface area contributed by atoms with Gasteiger partial charge >= 0.3 is 0 Å². The molecule has 0 aliphatic rings. The fourth-order valence-electron chi connectivity index (χ4n) is 1.51. The Morgan fingerprint density at radius 3 is 2.95 bits per heavy atom. The summed E-state index contributed by atoms with van der Waals surface area (Å²) in [6.07, 6.45) is 0. The van der Waals surface area contributed by atoms with Gasteiger partial charge in [0.05, 0.1) is 32.3 Å². The first kappa shape index (κ1) is 16.1. The zero-order chi connectivity index (χ0) is 15.4. The largest absolute Gasteiger partial charge is 0.298 e. The van der Waals surface area contributed by atoms with Crippen molar-refractivity contribution < 1.29 is 4.79 Å². The van der Waals surface area contributed by atoms with E-state index in [-0.39, 0.29) is 10.9 Å². The van der Waals surface area contributed by atoms with E-state index in [4.69, 9.17) is 28.5 Å². The molecule has 0 unspecified atom stereocenters. The molecule has 1 amide bonds. The summed E-state index contributed by atoms with van der Waals surface area (Å²) >= 11 is 14.5. The molecule has 1 heterocycles. The van der Waals surface area contributed by atoms with Gasteiger partial charge in [0.2, 0.25) is 0 Å². The monoisotopic (exact) mass is 357 g/mol. The van der Waals surface area contributed by atoms with E-state index in [9.17, 15) is 4.79 Å². The molecule has 0 aliphatic heterocycles. The first-order valence-electron chi connectivity index (χ1n) is 5.75. The first-order chi connectivity index (χ1) is 10.0. The standard InChI is InChI=1S/C13H9Cl2N3OS2/c1-7-12(20-5-4-16)21-13(17-7)18-11(19)9-3-2-8(14)6-10(9)15/h2-3,6H,5H2,1H3,(H,17,18,19). The summed E-state index contributed by atoms with van der Waals surface area (Å²) in [7, 11) is 0. The van der Waals surface area contributed by atoms with Crippen molar-refractivity contribution in [2.24, 2.45) is 0 Å². The zero-order valence-electron chi connectivity index (χ0n) is 10.8. The number of benzene rings is 1. The first-order valence-corrected chi connectivity index (χ1v) is 8.30. The molecule has 2 rings (SSSR count). The van der Waals surface area contributed by atoms with Crippen LogP contribution in [-0.2, 0) is 0 Å². The second-order valence-electron chi connectivity index (χ2n) is 3.92. The number of nitrogens with one attached hydrogen (secondary N) is 1. The summed E-state index contributed by atoms with van der Waals surface area (Å²) in [6, 6.07) is 6.73. The maximum absolute atomic E-state index is 12.1. The Balaban J connectivity index is 2.14. The molecule has 0 aliphatic carbocycles. The number of thioether (sulfide) groups is 1. The van der Waals surface area contributed by atoms with E-state index in [1.54, 1.807) is 12.1 Å². The molecule has 0 saturated carbocycles. The van der Waals surface area contributed by atoms with Crippen LogP contribution in [0.4, 0.5) is 5.13 Å². The lowest BCUT2D eigenvalue weighted by Gasteiger charge is -2.04. The third-order valence-electron chi connectivity index (χ3n) is 2.42. The second kappa shape index (κ2) is 7.14. The number of halogens is 2. The highest BCUT2D eigenvalue weighted by atomic mass is 35.5. The molecule has 8 heteroatoms. The van der Waals surface area contributed by atoms with Crippen LogP contribution in [0.15, 0.2) is 22.4 Å².